The molecular formula is C15H27N3O3. The molecule has 6 heteroatoms. The summed E-state index contributed by atoms with van der Waals surface area (Å²) in [5, 5.41) is 6.20. The van der Waals surface area contributed by atoms with Gasteiger partial charge in [-0.25, -0.2) is 0 Å². The third-order valence-electron chi connectivity index (χ3n) is 4.45. The Hall–Kier alpha value is -1.14. The van der Waals surface area contributed by atoms with Crippen LogP contribution in [0.3, 0.4) is 0 Å². The minimum atomic E-state index is -0.0778. The first-order valence-corrected chi connectivity index (χ1v) is 8.02. The van der Waals surface area contributed by atoms with Gasteiger partial charge in [0.2, 0.25) is 5.91 Å². The number of hydrogen-bond donors (Lipinski definition) is 2. The van der Waals surface area contributed by atoms with Crippen molar-refractivity contribution in [2.24, 2.45) is 5.92 Å². The maximum Gasteiger partial charge on any atom is 0.308 e. The molecule has 2 fully saturated rings. The number of likely N-dealkylation sites (tertiary alicyclic amines) is 1. The number of piperidine rings is 1. The van der Waals surface area contributed by atoms with E-state index in [-0.39, 0.29) is 23.8 Å². The Kier molecular flexibility index (Phi) is 6.45. The smallest absolute Gasteiger partial charge is 0.308 e. The Morgan fingerprint density at radius 1 is 1.29 bits per heavy atom. The van der Waals surface area contributed by atoms with Gasteiger partial charge in [0.15, 0.2) is 0 Å². The highest BCUT2D eigenvalue weighted by molar-refractivity contribution is 5.81. The Bertz CT molecular complexity index is 348. The summed E-state index contributed by atoms with van der Waals surface area (Å²) in [7, 11) is 1.45. The van der Waals surface area contributed by atoms with Crippen LogP contribution in [0.2, 0.25) is 0 Å². The summed E-state index contributed by atoms with van der Waals surface area (Å²) in [6, 6.07) is 0.0146. The van der Waals surface area contributed by atoms with E-state index in [2.05, 4.69) is 15.5 Å². The number of amides is 1. The number of hydrogen-bond acceptors (Lipinski definition) is 5. The van der Waals surface area contributed by atoms with Gasteiger partial charge in [-0.3, -0.25) is 9.59 Å². The van der Waals surface area contributed by atoms with Gasteiger partial charge in [0, 0.05) is 6.54 Å². The zero-order valence-electron chi connectivity index (χ0n) is 12.9. The van der Waals surface area contributed by atoms with E-state index in [0.717, 1.165) is 64.8 Å². The van der Waals surface area contributed by atoms with E-state index < -0.39 is 0 Å². The molecule has 2 heterocycles. The summed E-state index contributed by atoms with van der Waals surface area (Å²) < 4.78 is 4.79. The highest BCUT2D eigenvalue weighted by Gasteiger charge is 2.25. The first kappa shape index (κ1) is 16.2. The summed E-state index contributed by atoms with van der Waals surface area (Å²) in [6.45, 7) is 4.54. The van der Waals surface area contributed by atoms with Crippen LogP contribution in [0.15, 0.2) is 0 Å². The topological polar surface area (TPSA) is 70.7 Å². The molecule has 0 radical (unpaired) electrons. The SMILES string of the molecule is COC(=O)C1CCN(CCCNC(=O)C2CCCN2)CC1. The normalized spacial score (nSPS) is 24.0. The van der Waals surface area contributed by atoms with Crippen molar-refractivity contribution in [3.8, 4) is 0 Å². The molecule has 0 aromatic carbocycles. The average molecular weight is 297 g/mol. The predicted molar refractivity (Wildman–Crippen MR) is 79.8 cm³/mol. The summed E-state index contributed by atoms with van der Waals surface area (Å²) in [5.41, 5.74) is 0. The molecule has 2 rings (SSSR count). The Balaban J connectivity index is 1.53. The standard InChI is InChI=1S/C15H27N3O3/c1-21-15(20)12-5-10-18(11-6-12)9-3-8-17-14(19)13-4-2-7-16-13/h12-13,16H,2-11H2,1H3,(H,17,19). The number of nitrogens with one attached hydrogen (secondary N) is 2. The van der Waals surface area contributed by atoms with Crippen molar-refractivity contribution in [1.82, 2.24) is 15.5 Å². The highest BCUT2D eigenvalue weighted by atomic mass is 16.5. The third kappa shape index (κ3) is 4.97. The molecule has 21 heavy (non-hydrogen) atoms. The van der Waals surface area contributed by atoms with E-state index in [1.165, 1.54) is 7.11 Å². The van der Waals surface area contributed by atoms with E-state index in [1.54, 1.807) is 0 Å². The van der Waals surface area contributed by atoms with Gasteiger partial charge in [-0.1, -0.05) is 0 Å². The lowest BCUT2D eigenvalue weighted by atomic mass is 9.97. The summed E-state index contributed by atoms with van der Waals surface area (Å²) >= 11 is 0. The Morgan fingerprint density at radius 3 is 2.67 bits per heavy atom. The van der Waals surface area contributed by atoms with Gasteiger partial charge in [0.25, 0.3) is 0 Å². The molecule has 2 aliphatic rings. The van der Waals surface area contributed by atoms with Gasteiger partial charge in [-0.2, -0.15) is 0 Å². The number of carbonyl (C=O) groups is 2. The summed E-state index contributed by atoms with van der Waals surface area (Å²) in [6.07, 6.45) is 4.76. The van der Waals surface area contributed by atoms with Crippen molar-refractivity contribution in [3.63, 3.8) is 0 Å². The maximum atomic E-state index is 11.8. The van der Waals surface area contributed by atoms with Crippen molar-refractivity contribution in [2.45, 2.75) is 38.1 Å². The van der Waals surface area contributed by atoms with Gasteiger partial charge >= 0.3 is 5.97 Å². The van der Waals surface area contributed by atoms with Crippen LogP contribution in [-0.2, 0) is 14.3 Å². The van der Waals surface area contributed by atoms with Gasteiger partial charge in [0.1, 0.15) is 0 Å². The minimum Gasteiger partial charge on any atom is -0.469 e. The molecule has 0 saturated carbocycles. The van der Waals surface area contributed by atoms with Crippen molar-refractivity contribution >= 4 is 11.9 Å². The molecule has 6 nitrogen and oxygen atoms in total. The number of ether oxygens (including phenoxy) is 1. The lowest BCUT2D eigenvalue weighted by Gasteiger charge is -2.30. The van der Waals surface area contributed by atoms with Crippen LogP contribution in [0.5, 0.6) is 0 Å². The molecule has 0 aromatic rings. The molecular weight excluding hydrogens is 270 g/mol. The summed E-state index contributed by atoms with van der Waals surface area (Å²) in [4.78, 5) is 25.6. The van der Waals surface area contributed by atoms with Gasteiger partial charge in [-0.05, 0) is 58.3 Å². The molecule has 1 amide bonds. The molecule has 1 unspecified atom stereocenters. The lowest BCUT2D eigenvalue weighted by Crippen LogP contribution is -2.42. The Labute approximate surface area is 126 Å². The van der Waals surface area contributed by atoms with Crippen LogP contribution >= 0.6 is 0 Å². The fourth-order valence-electron chi connectivity index (χ4n) is 3.10. The molecule has 2 N–H and O–H groups in total. The quantitative estimate of drug-likeness (QED) is 0.539. The predicted octanol–water partition coefficient (Wildman–Crippen LogP) is 0.130. The molecule has 120 valence electrons. The number of esters is 1. The summed E-state index contributed by atoms with van der Waals surface area (Å²) in [5.74, 6) is 0.127. The van der Waals surface area contributed by atoms with E-state index in [4.69, 9.17) is 4.74 Å². The van der Waals surface area contributed by atoms with Crippen molar-refractivity contribution in [1.29, 1.82) is 0 Å². The second kappa shape index (κ2) is 8.34. The van der Waals surface area contributed by atoms with Gasteiger partial charge in [0.05, 0.1) is 19.1 Å². The van der Waals surface area contributed by atoms with Gasteiger partial charge < -0.3 is 20.3 Å². The van der Waals surface area contributed by atoms with Crippen LogP contribution in [0.4, 0.5) is 0 Å². The fraction of sp³-hybridized carbons (Fsp3) is 0.867. The monoisotopic (exact) mass is 297 g/mol. The van der Waals surface area contributed by atoms with Crippen molar-refractivity contribution in [2.75, 3.05) is 39.8 Å². The highest BCUT2D eigenvalue weighted by Crippen LogP contribution is 2.18. The third-order valence-corrected chi connectivity index (χ3v) is 4.45. The molecule has 0 bridgehead atoms. The second-order valence-corrected chi connectivity index (χ2v) is 5.93. The molecule has 0 aromatic heterocycles. The zero-order valence-corrected chi connectivity index (χ0v) is 12.9. The molecule has 2 saturated heterocycles. The first-order valence-electron chi connectivity index (χ1n) is 8.02. The van der Waals surface area contributed by atoms with E-state index in [9.17, 15) is 9.59 Å². The molecule has 2 aliphatic heterocycles. The first-order chi connectivity index (χ1) is 10.2. The van der Waals surface area contributed by atoms with E-state index in [0.29, 0.717) is 0 Å². The van der Waals surface area contributed by atoms with Crippen molar-refractivity contribution < 1.29 is 14.3 Å². The van der Waals surface area contributed by atoms with Crippen LogP contribution < -0.4 is 10.6 Å². The van der Waals surface area contributed by atoms with Gasteiger partial charge in [-0.15, -0.1) is 0 Å². The zero-order chi connectivity index (χ0) is 15.1. The number of methoxy groups -OCH3 is 1. The average Bonchev–Trinajstić information content (AvgIpc) is 3.05. The van der Waals surface area contributed by atoms with Crippen LogP contribution in [0.25, 0.3) is 0 Å². The minimum absolute atomic E-state index is 0.0146. The van der Waals surface area contributed by atoms with Crippen LogP contribution in [0, 0.1) is 5.92 Å². The maximum absolute atomic E-state index is 11.8. The number of carbonyl (C=O) groups excluding carboxylic acids is 2. The molecule has 0 spiro atoms. The Morgan fingerprint density at radius 2 is 2.05 bits per heavy atom. The molecule has 1 atom stereocenters. The van der Waals surface area contributed by atoms with E-state index >= 15 is 0 Å². The number of rotatable bonds is 6. The molecule has 0 aliphatic carbocycles. The van der Waals surface area contributed by atoms with Crippen LogP contribution in [-0.4, -0.2) is 62.7 Å². The van der Waals surface area contributed by atoms with E-state index in [1.807, 2.05) is 0 Å². The fourth-order valence-corrected chi connectivity index (χ4v) is 3.10. The largest absolute Gasteiger partial charge is 0.469 e. The lowest BCUT2D eigenvalue weighted by molar-refractivity contribution is -0.147. The van der Waals surface area contributed by atoms with Crippen LogP contribution in [0.1, 0.15) is 32.1 Å². The number of nitrogens with zero attached hydrogens (tertiary/aromatic N) is 1. The second-order valence-electron chi connectivity index (χ2n) is 5.93. The van der Waals surface area contributed by atoms with Crippen molar-refractivity contribution in [3.05, 3.63) is 0 Å².